The van der Waals surface area contributed by atoms with Gasteiger partial charge in [0.25, 0.3) is 15.9 Å². The molecule has 27 heavy (non-hydrogen) atoms. The molecule has 0 atom stereocenters. The van der Waals surface area contributed by atoms with E-state index in [0.29, 0.717) is 18.0 Å². The molecule has 1 N–H and O–H groups in total. The van der Waals surface area contributed by atoms with Gasteiger partial charge in [-0.3, -0.25) is 9.10 Å². The largest absolute Gasteiger partial charge is 0.346 e. The lowest BCUT2D eigenvalue weighted by Crippen LogP contribution is -2.35. The van der Waals surface area contributed by atoms with E-state index < -0.39 is 10.0 Å². The number of nitrogens with one attached hydrogen (secondary N) is 1. The van der Waals surface area contributed by atoms with Crippen molar-refractivity contribution in [2.24, 2.45) is 0 Å². The van der Waals surface area contributed by atoms with Crippen molar-refractivity contribution in [1.82, 2.24) is 5.32 Å². The van der Waals surface area contributed by atoms with Crippen LogP contribution in [-0.4, -0.2) is 20.9 Å². The molecule has 0 saturated heterocycles. The summed E-state index contributed by atoms with van der Waals surface area (Å²) in [5, 5.41) is 6.34. The Balaban J connectivity index is 1.55. The maximum atomic E-state index is 13.1. The van der Waals surface area contributed by atoms with Crippen LogP contribution in [0.2, 0.25) is 0 Å². The molecule has 1 amide bonds. The molecule has 5 nitrogen and oxygen atoms in total. The lowest BCUT2D eigenvalue weighted by Gasteiger charge is -2.30. The van der Waals surface area contributed by atoms with Crippen LogP contribution in [0, 0.1) is 0 Å². The summed E-state index contributed by atoms with van der Waals surface area (Å²) in [6.07, 6.45) is 1.66. The molecule has 2 aromatic heterocycles. The van der Waals surface area contributed by atoms with Gasteiger partial charge >= 0.3 is 0 Å². The molecule has 0 unspecified atom stereocenters. The van der Waals surface area contributed by atoms with Crippen LogP contribution in [0.1, 0.15) is 26.5 Å². The highest BCUT2D eigenvalue weighted by Crippen LogP contribution is 2.33. The molecule has 3 heterocycles. The molecule has 3 aromatic rings. The molecule has 0 bridgehead atoms. The van der Waals surface area contributed by atoms with Crippen molar-refractivity contribution in [3.05, 3.63) is 68.5 Å². The van der Waals surface area contributed by atoms with Crippen molar-refractivity contribution < 1.29 is 13.2 Å². The fraction of sp³-hybridized carbons (Fsp3) is 0.211. The number of carbonyl (C=O) groups excluding carboxylic acids is 1. The second kappa shape index (κ2) is 7.46. The summed E-state index contributed by atoms with van der Waals surface area (Å²) in [4.78, 5) is 14.0. The molecule has 140 valence electrons. The maximum Gasteiger partial charge on any atom is 0.265 e. The fourth-order valence-corrected chi connectivity index (χ4v) is 6.48. The number of rotatable bonds is 5. The molecule has 1 aromatic carbocycles. The summed E-state index contributed by atoms with van der Waals surface area (Å²) in [5.74, 6) is -0.256. The molecule has 1 aliphatic heterocycles. The van der Waals surface area contributed by atoms with Gasteiger partial charge < -0.3 is 5.32 Å². The van der Waals surface area contributed by atoms with E-state index in [1.165, 1.54) is 10.4 Å². The zero-order chi connectivity index (χ0) is 18.9. The van der Waals surface area contributed by atoms with E-state index in [-0.39, 0.29) is 10.8 Å². The minimum atomic E-state index is -3.68. The second-order valence-electron chi connectivity index (χ2n) is 6.22. The Kier molecular flexibility index (Phi) is 5.03. The predicted molar refractivity (Wildman–Crippen MR) is 109 cm³/mol. The predicted octanol–water partition coefficient (Wildman–Crippen LogP) is 3.88. The maximum absolute atomic E-state index is 13.1. The summed E-state index contributed by atoms with van der Waals surface area (Å²) >= 11 is 2.72. The van der Waals surface area contributed by atoms with E-state index in [4.69, 9.17) is 0 Å². The Hall–Kier alpha value is -2.16. The topological polar surface area (TPSA) is 66.5 Å². The van der Waals surface area contributed by atoms with Crippen molar-refractivity contribution >= 4 is 44.3 Å². The number of amides is 1. The van der Waals surface area contributed by atoms with E-state index in [1.807, 2.05) is 41.8 Å². The summed E-state index contributed by atoms with van der Waals surface area (Å²) in [7, 11) is -3.68. The fourth-order valence-electron chi connectivity index (χ4n) is 3.12. The van der Waals surface area contributed by atoms with Crippen molar-refractivity contribution in [3.63, 3.8) is 0 Å². The highest BCUT2D eigenvalue weighted by Gasteiger charge is 2.30. The van der Waals surface area contributed by atoms with E-state index in [0.717, 1.165) is 40.3 Å². The Bertz CT molecular complexity index is 1060. The third kappa shape index (κ3) is 3.65. The van der Waals surface area contributed by atoms with Crippen LogP contribution in [0.25, 0.3) is 0 Å². The Morgan fingerprint density at radius 2 is 2.00 bits per heavy atom. The summed E-state index contributed by atoms with van der Waals surface area (Å²) in [5.41, 5.74) is 1.77. The molecule has 1 aliphatic rings. The van der Waals surface area contributed by atoms with Gasteiger partial charge in [0, 0.05) is 16.8 Å². The normalized spacial score (nSPS) is 14.0. The number of benzene rings is 1. The number of hydrogen-bond donors (Lipinski definition) is 1. The van der Waals surface area contributed by atoms with Gasteiger partial charge in [-0.05, 0) is 42.0 Å². The number of carbonyl (C=O) groups is 1. The van der Waals surface area contributed by atoms with Gasteiger partial charge in [-0.15, -0.1) is 22.7 Å². The number of anilines is 1. The Morgan fingerprint density at radius 1 is 1.15 bits per heavy atom. The van der Waals surface area contributed by atoms with Crippen molar-refractivity contribution in [1.29, 1.82) is 0 Å². The quantitative estimate of drug-likeness (QED) is 0.684. The lowest BCUT2D eigenvalue weighted by molar-refractivity contribution is 0.0955. The van der Waals surface area contributed by atoms with Crippen LogP contribution >= 0.6 is 22.7 Å². The molecule has 0 saturated carbocycles. The Morgan fingerprint density at radius 3 is 2.81 bits per heavy atom. The van der Waals surface area contributed by atoms with Crippen LogP contribution in [-0.2, 0) is 23.0 Å². The highest BCUT2D eigenvalue weighted by atomic mass is 32.2. The third-order valence-electron chi connectivity index (χ3n) is 4.46. The van der Waals surface area contributed by atoms with Crippen LogP contribution in [0.5, 0.6) is 0 Å². The number of sulfonamides is 1. The number of para-hydroxylation sites is 1. The van der Waals surface area contributed by atoms with Gasteiger partial charge in [0.1, 0.15) is 0 Å². The van der Waals surface area contributed by atoms with Crippen molar-refractivity contribution in [2.45, 2.75) is 24.3 Å². The van der Waals surface area contributed by atoms with Crippen molar-refractivity contribution in [3.8, 4) is 0 Å². The molecule has 0 radical (unpaired) electrons. The zero-order valence-electron chi connectivity index (χ0n) is 14.4. The van der Waals surface area contributed by atoms with Gasteiger partial charge in [0.2, 0.25) is 0 Å². The lowest BCUT2D eigenvalue weighted by atomic mass is 10.0. The van der Waals surface area contributed by atoms with E-state index in [2.05, 4.69) is 5.32 Å². The number of fused-ring (bicyclic) bond motifs is 1. The van der Waals surface area contributed by atoms with Gasteiger partial charge in [-0.2, -0.15) is 0 Å². The number of thiophene rings is 2. The third-order valence-corrected chi connectivity index (χ3v) is 8.20. The van der Waals surface area contributed by atoms with Crippen LogP contribution in [0.3, 0.4) is 0 Å². The van der Waals surface area contributed by atoms with E-state index >= 15 is 0 Å². The molecule has 8 heteroatoms. The standard InChI is InChI=1S/C19H18N2O3S3/c22-19(20-12-15-7-4-10-25-15)18-11-16(13-26-18)27(23,24)21-9-3-6-14-5-1-2-8-17(14)21/h1-2,4-5,7-8,10-11,13H,3,6,9,12H2,(H,20,22). The monoisotopic (exact) mass is 418 g/mol. The molecule has 0 fully saturated rings. The molecular weight excluding hydrogens is 400 g/mol. The number of aryl methyl sites for hydroxylation is 1. The summed E-state index contributed by atoms with van der Waals surface area (Å²) < 4.78 is 27.7. The molecule has 4 rings (SSSR count). The summed E-state index contributed by atoms with van der Waals surface area (Å²) in [6.45, 7) is 0.894. The Labute approximate surface area is 166 Å². The average molecular weight is 419 g/mol. The first-order valence-corrected chi connectivity index (χ1v) is 11.8. The molecular formula is C19H18N2O3S3. The van der Waals surface area contributed by atoms with Gasteiger partial charge in [0.05, 0.1) is 22.0 Å². The second-order valence-corrected chi connectivity index (χ2v) is 10.0. The average Bonchev–Trinajstić information content (AvgIpc) is 3.37. The molecule has 0 spiro atoms. The van der Waals surface area contributed by atoms with Gasteiger partial charge in [-0.1, -0.05) is 24.3 Å². The van der Waals surface area contributed by atoms with Gasteiger partial charge in [-0.25, -0.2) is 8.42 Å². The minimum absolute atomic E-state index is 0.172. The molecule has 0 aliphatic carbocycles. The SMILES string of the molecule is O=C(NCc1cccs1)c1cc(S(=O)(=O)N2CCCc3ccccc32)cs1. The van der Waals surface area contributed by atoms with E-state index in [1.54, 1.807) is 16.7 Å². The van der Waals surface area contributed by atoms with E-state index in [9.17, 15) is 13.2 Å². The smallest absolute Gasteiger partial charge is 0.265 e. The van der Waals surface area contributed by atoms with Gasteiger partial charge in [0.15, 0.2) is 0 Å². The minimum Gasteiger partial charge on any atom is -0.346 e. The number of nitrogens with zero attached hydrogens (tertiary/aromatic N) is 1. The van der Waals surface area contributed by atoms with Crippen LogP contribution in [0.15, 0.2) is 58.1 Å². The first-order chi connectivity index (χ1) is 13.1. The van der Waals surface area contributed by atoms with Crippen molar-refractivity contribution in [2.75, 3.05) is 10.8 Å². The zero-order valence-corrected chi connectivity index (χ0v) is 16.9. The van der Waals surface area contributed by atoms with Crippen LogP contribution in [0.4, 0.5) is 5.69 Å². The summed E-state index contributed by atoms with van der Waals surface area (Å²) in [6, 6.07) is 12.9. The highest BCUT2D eigenvalue weighted by molar-refractivity contribution is 7.93. The first kappa shape index (κ1) is 18.2. The first-order valence-electron chi connectivity index (χ1n) is 8.55. The van der Waals surface area contributed by atoms with Crippen LogP contribution < -0.4 is 9.62 Å². The number of hydrogen-bond acceptors (Lipinski definition) is 5.